The molecule has 12 aromatic rings. The molecule has 0 radical (unpaired) electrons. The molecule has 0 aliphatic carbocycles. The summed E-state index contributed by atoms with van der Waals surface area (Å²) in [6, 6.07) is 41.5. The van der Waals surface area contributed by atoms with Gasteiger partial charge in [0.2, 0.25) is 0 Å². The predicted octanol–water partition coefficient (Wildman–Crippen LogP) is -5.55. The molecule has 133 heavy (non-hydrogen) atoms. The minimum atomic E-state index is -3.49. The van der Waals surface area contributed by atoms with Crippen LogP contribution >= 0.6 is 0 Å². The lowest BCUT2D eigenvalue weighted by molar-refractivity contribution is -0.0577. The van der Waals surface area contributed by atoms with E-state index in [9.17, 15) is 123 Å². The van der Waals surface area contributed by atoms with E-state index in [2.05, 4.69) is 15.2 Å². The van der Waals surface area contributed by atoms with Crippen LogP contribution in [-0.4, -0.2) is 267 Å². The Balaban J connectivity index is 0.000000141. The molecule has 45 nitrogen and oxygen atoms in total. The van der Waals surface area contributed by atoms with E-state index in [1.807, 2.05) is 68.4 Å². The number of fused-ring (bicyclic) bond motifs is 2. The second-order valence-corrected chi connectivity index (χ2v) is 32.1. The smallest absolute Gasteiger partial charge is 0.333 e. The van der Waals surface area contributed by atoms with Gasteiger partial charge in [0.15, 0.2) is 36.7 Å². The van der Waals surface area contributed by atoms with Crippen molar-refractivity contribution in [2.24, 2.45) is 7.05 Å². The molecule has 20 atom stereocenters. The first-order valence-corrected chi connectivity index (χ1v) is 41.3. The van der Waals surface area contributed by atoms with Crippen LogP contribution in [0, 0.1) is 0 Å². The lowest BCUT2D eigenvalue weighted by Gasteiger charge is -2.27. The molecule has 0 spiro atoms. The van der Waals surface area contributed by atoms with E-state index in [0.717, 1.165) is 75.9 Å². The van der Waals surface area contributed by atoms with Gasteiger partial charge in [-0.2, -0.15) is 13.9 Å². The number of alkyl halides is 2. The summed E-state index contributed by atoms with van der Waals surface area (Å²) in [7, 11) is 1.77. The normalized spacial score (nSPS) is 25.6. The summed E-state index contributed by atoms with van der Waals surface area (Å²) in [6.45, 7) is -0.0920. The lowest BCUT2D eigenvalue weighted by Crippen LogP contribution is -2.45. The van der Waals surface area contributed by atoms with Gasteiger partial charge in [-0.15, -0.1) is 0 Å². The summed E-state index contributed by atoms with van der Waals surface area (Å²) in [5, 5.41) is 156. The number of benzene rings is 4. The number of aryl methyl sites for hydroxylation is 1. The fourth-order valence-electron chi connectivity index (χ4n) is 15.7. The SMILES string of the molecule is CC(C)(Cn1c(=O)ccn([C@@H]2O[C@H](CO)[C@H](O)C2O)c1=O)c1ccccc1.Cn1nc(Cn2c(=O)ccn([C@@H]3O[C@H](CO)[C@H](O)C3O)c2=O)c2ccccc21.O=c1ccn([C@@H]2O[C@H](CO)[C@H](O)C2O)c(=O)n1CC(F)(F)c1ccccc1.O=c1ccn([C@@H]2O[C@H](CO)[C@H](O)C2O)c(=O)n1Cc1ccccn1.O=c1ccn([C@@H]2O[C@H](CO)[C@H](O)C2O)c(=O)n1Cc1noc2ccccc12. The summed E-state index contributed by atoms with van der Waals surface area (Å²) in [5.41, 5.74) is -3.97. The number of hydrogen-bond donors (Lipinski definition) is 15. The number of nitrogens with zero attached hydrogens (tertiary/aromatic N) is 14. The quantitative estimate of drug-likeness (QED) is 0.0301. The zero-order valence-corrected chi connectivity index (χ0v) is 70.9. The molecule has 5 saturated heterocycles. The van der Waals surface area contributed by atoms with Crippen LogP contribution in [0.3, 0.4) is 0 Å². The molecule has 5 aliphatic heterocycles. The number of ether oxygens (including phenoxy) is 5. The van der Waals surface area contributed by atoms with E-state index in [1.54, 1.807) is 66.5 Å². The third kappa shape index (κ3) is 20.5. The van der Waals surface area contributed by atoms with Gasteiger partial charge < -0.3 is 105 Å². The molecule has 710 valence electrons. The van der Waals surface area contributed by atoms with Crippen LogP contribution < -0.4 is 56.2 Å². The van der Waals surface area contributed by atoms with E-state index in [4.69, 9.17) is 38.4 Å². The Labute approximate surface area is 746 Å². The number of rotatable bonds is 22. The lowest BCUT2D eigenvalue weighted by atomic mass is 9.84. The summed E-state index contributed by atoms with van der Waals surface area (Å²) in [6.07, 6.45) is -18.2. The molecule has 17 rings (SSSR count). The third-order valence-corrected chi connectivity index (χ3v) is 23.0. The van der Waals surface area contributed by atoms with Crippen molar-refractivity contribution < 1.29 is 114 Å². The Hall–Kier alpha value is -12.6. The molecule has 0 saturated carbocycles. The average Bonchev–Trinajstić information content (AvgIpc) is 1.75. The van der Waals surface area contributed by atoms with Crippen LogP contribution in [-0.2, 0) is 74.8 Å². The molecule has 47 heteroatoms. The van der Waals surface area contributed by atoms with Gasteiger partial charge in [0.1, 0.15) is 97.3 Å². The molecule has 15 N–H and O–H groups in total. The van der Waals surface area contributed by atoms with Crippen molar-refractivity contribution in [1.29, 1.82) is 0 Å². The molecule has 8 aromatic heterocycles. The van der Waals surface area contributed by atoms with E-state index >= 15 is 0 Å². The van der Waals surface area contributed by atoms with E-state index in [0.29, 0.717) is 32.6 Å². The first kappa shape index (κ1) is 97.9. The Morgan fingerprint density at radius 3 is 1.03 bits per heavy atom. The van der Waals surface area contributed by atoms with Gasteiger partial charge in [-0.25, -0.2) is 24.0 Å². The summed E-state index contributed by atoms with van der Waals surface area (Å²) in [5.74, 6) is -3.49. The number of para-hydroxylation sites is 2. The van der Waals surface area contributed by atoms with Gasteiger partial charge in [-0.3, -0.25) is 79.3 Å². The van der Waals surface area contributed by atoms with Gasteiger partial charge in [0, 0.05) is 103 Å². The zero-order valence-electron chi connectivity index (χ0n) is 70.9. The largest absolute Gasteiger partial charge is 0.394 e. The van der Waals surface area contributed by atoms with Crippen molar-refractivity contribution >= 4 is 21.9 Å². The zero-order chi connectivity index (χ0) is 95.9. The van der Waals surface area contributed by atoms with Gasteiger partial charge in [0.05, 0.1) is 76.1 Å². The minimum absolute atomic E-state index is 0.0336. The second-order valence-electron chi connectivity index (χ2n) is 32.1. The maximum atomic E-state index is 14.5. The van der Waals surface area contributed by atoms with Gasteiger partial charge in [-0.05, 0) is 35.9 Å². The van der Waals surface area contributed by atoms with E-state index in [1.165, 1.54) is 67.3 Å². The van der Waals surface area contributed by atoms with Crippen molar-refractivity contribution in [2.75, 3.05) is 33.0 Å². The van der Waals surface area contributed by atoms with Crippen molar-refractivity contribution in [3.05, 3.63) is 327 Å². The number of hydrogen-bond acceptors (Lipinski definition) is 34. The van der Waals surface area contributed by atoms with Crippen molar-refractivity contribution in [1.82, 2.24) is 65.6 Å². The number of pyridine rings is 1. The summed E-state index contributed by atoms with van der Waals surface area (Å²) < 4.78 is 71.8. The molecular weight excluding hydrogens is 1760 g/mol. The number of aromatic nitrogens is 14. The molecule has 0 bridgehead atoms. The Morgan fingerprint density at radius 2 is 0.662 bits per heavy atom. The molecule has 5 aliphatic rings. The molecule has 13 heterocycles. The number of halogens is 2. The Kier molecular flexibility index (Phi) is 30.7. The van der Waals surface area contributed by atoms with Crippen molar-refractivity contribution in [3.8, 4) is 0 Å². The molecular formula is C86H96F2N14O31. The topological polar surface area (TPSA) is 626 Å². The number of aliphatic hydroxyl groups excluding tert-OH is 15. The van der Waals surface area contributed by atoms with Gasteiger partial charge in [-0.1, -0.05) is 116 Å². The molecule has 4 aromatic carbocycles. The van der Waals surface area contributed by atoms with E-state index in [-0.39, 0.29) is 31.7 Å². The highest BCUT2D eigenvalue weighted by Crippen LogP contribution is 2.35. The number of aliphatic hydroxyl groups is 15. The van der Waals surface area contributed by atoms with Crippen LogP contribution in [0.4, 0.5) is 8.78 Å². The monoisotopic (exact) mass is 1860 g/mol. The van der Waals surface area contributed by atoms with Crippen LogP contribution in [0.2, 0.25) is 0 Å². The standard InChI is InChI=1S/C19H24N2O6.C18H20N4O6.C17H18F2N2O6.C17H17N3O7.C15H17N3O6/c1-19(2,12-6-4-3-5-7-12)11-21-14(23)8-9-20(18(21)26)17-16(25)15(24)13(10-22)27-17;1-20-12-5-3-2-4-10(12)11(19-20)8-22-14(24)6-7-21(18(22)27)17-16(26)15(25)13(9-23)28-17;18-17(19,10-4-2-1-3-5-10)9-21-12(23)6-7-20(16(21)26)15-14(25)13(24)11(8-22)27-15;21-8-12-14(23)15(24)16(26-12)19-6-5-13(22)20(17(19)25)7-10-9-3-1-2-4-11(9)27-18-10;19-8-10-12(21)13(22)14(24-10)17-6-4-11(20)18(15(17)23)7-9-3-1-2-5-16-9/h3-9,13,15-17,22,24-25H,10-11H2,1-2H3;2-7,13,15-17,23,25-26H,8-9H2,1H3;1-7,11,13-15,22,24-25H,8-9H2;1-6,12,14-16,21,23-24H,7-8H2;1-6,10,12-14,19,21-22H,7-8H2/t2*13-,15+,16?,17-;11-,13+,14?,15-;12-,14+,15?,16-;10-,12+,13?,14-/m11111/s1. The van der Waals surface area contributed by atoms with Crippen molar-refractivity contribution in [2.45, 2.75) is 181 Å². The van der Waals surface area contributed by atoms with Crippen LogP contribution in [0.1, 0.15) is 73.2 Å². The average molecular weight is 1860 g/mol. The van der Waals surface area contributed by atoms with Crippen LogP contribution in [0.25, 0.3) is 21.9 Å². The minimum Gasteiger partial charge on any atom is -0.394 e. The van der Waals surface area contributed by atoms with Crippen molar-refractivity contribution in [3.63, 3.8) is 0 Å². The summed E-state index contributed by atoms with van der Waals surface area (Å²) in [4.78, 5) is 129. The fourth-order valence-corrected chi connectivity index (χ4v) is 15.7. The maximum Gasteiger partial charge on any atom is 0.333 e. The molecule has 5 unspecified atom stereocenters. The maximum absolute atomic E-state index is 14.5. The highest BCUT2D eigenvalue weighted by Gasteiger charge is 2.49. The molecule has 0 amide bonds. The third-order valence-electron chi connectivity index (χ3n) is 23.0. The summed E-state index contributed by atoms with van der Waals surface area (Å²) >= 11 is 0. The van der Waals surface area contributed by atoms with Gasteiger partial charge in [0.25, 0.3) is 33.7 Å². The van der Waals surface area contributed by atoms with E-state index < -0.39 is 230 Å². The highest BCUT2D eigenvalue weighted by molar-refractivity contribution is 5.82. The first-order valence-electron chi connectivity index (χ1n) is 41.3. The first-order chi connectivity index (χ1) is 63.5. The fraction of sp³-hybridized carbons (Fsp3) is 0.407. The van der Waals surface area contributed by atoms with Crippen LogP contribution in [0.15, 0.2) is 247 Å². The van der Waals surface area contributed by atoms with Gasteiger partial charge >= 0.3 is 28.4 Å². The highest BCUT2D eigenvalue weighted by atomic mass is 19.3. The molecule has 5 fully saturated rings. The van der Waals surface area contributed by atoms with Crippen LogP contribution in [0.5, 0.6) is 0 Å². The Morgan fingerprint density at radius 1 is 0.346 bits per heavy atom. The Bertz CT molecular complexity index is 6550. The predicted molar refractivity (Wildman–Crippen MR) is 456 cm³/mol. The second kappa shape index (κ2) is 41.7.